The first-order valence-electron chi connectivity index (χ1n) is 20.3. The molecule has 7 heterocycles. The number of amides is 2. The highest BCUT2D eigenvalue weighted by atomic mass is 16.5. The van der Waals surface area contributed by atoms with E-state index in [1.165, 1.54) is 15.4 Å². The first kappa shape index (κ1) is 36.2. The summed E-state index contributed by atoms with van der Waals surface area (Å²) in [5, 5.41) is 12.7. The van der Waals surface area contributed by atoms with Crippen LogP contribution >= 0.6 is 0 Å². The van der Waals surface area contributed by atoms with E-state index in [0.29, 0.717) is 23.4 Å². The zero-order chi connectivity index (χ0) is 39.3. The van der Waals surface area contributed by atoms with Crippen molar-refractivity contribution in [3.8, 4) is 22.8 Å². The van der Waals surface area contributed by atoms with E-state index < -0.39 is 11.9 Å². The van der Waals surface area contributed by atoms with Crippen molar-refractivity contribution in [1.82, 2.24) is 49.0 Å². The standard InChI is InChI=1S/C42H46N12O4/c43-39-37-38(28-6-12-33(13-7-28)58-32-4-2-1-3-5-32)48-53(40(37)45-26-44-39)30-10-8-29(9-11-30)50-20-18-49(19-21-50)23-27-24-51(25-27)31-16-17-52-35(22-31)47-54(42(52)57)34-14-15-36(55)46-41(34)56/h1-7,12-13,16-17,22,26-27,29-30,34H,8-11,14-15,18-21,23-25H2,(H2,43,44,45)(H,46,55,56). The van der Waals surface area contributed by atoms with Gasteiger partial charge in [0.15, 0.2) is 11.3 Å². The number of nitrogen functional groups attached to an aromatic ring is 1. The summed E-state index contributed by atoms with van der Waals surface area (Å²) in [5.74, 6) is 1.76. The minimum absolute atomic E-state index is 0.191. The van der Waals surface area contributed by atoms with Gasteiger partial charge in [0.1, 0.15) is 35.4 Å². The number of hydrogen-bond acceptors (Lipinski definition) is 12. The van der Waals surface area contributed by atoms with Crippen LogP contribution in [0.3, 0.4) is 0 Å². The van der Waals surface area contributed by atoms with Gasteiger partial charge >= 0.3 is 5.69 Å². The van der Waals surface area contributed by atoms with Crippen molar-refractivity contribution < 1.29 is 14.3 Å². The molecule has 0 radical (unpaired) electrons. The normalized spacial score (nSPS) is 22.3. The molecule has 10 rings (SSSR count). The Morgan fingerprint density at radius 2 is 1.53 bits per heavy atom. The number of piperidine rings is 1. The number of nitrogens with two attached hydrogens (primary N) is 1. The van der Waals surface area contributed by atoms with Crippen LogP contribution in [0.4, 0.5) is 11.5 Å². The van der Waals surface area contributed by atoms with E-state index in [2.05, 4.69) is 39.8 Å². The molecule has 6 aromatic rings. The molecule has 0 bridgehead atoms. The maximum absolute atomic E-state index is 13.0. The van der Waals surface area contributed by atoms with Crippen molar-refractivity contribution in [2.45, 2.75) is 56.7 Å². The number of ether oxygens (including phenoxy) is 1. The highest BCUT2D eigenvalue weighted by Crippen LogP contribution is 2.38. The van der Waals surface area contributed by atoms with Crippen molar-refractivity contribution in [2.24, 2.45) is 5.92 Å². The molecule has 16 nitrogen and oxygen atoms in total. The molecule has 58 heavy (non-hydrogen) atoms. The predicted molar refractivity (Wildman–Crippen MR) is 218 cm³/mol. The maximum Gasteiger partial charge on any atom is 0.351 e. The number of para-hydroxylation sites is 1. The van der Waals surface area contributed by atoms with E-state index in [1.807, 2.05) is 66.7 Å². The Kier molecular flexibility index (Phi) is 9.36. The Morgan fingerprint density at radius 3 is 2.29 bits per heavy atom. The third-order valence-corrected chi connectivity index (χ3v) is 12.4. The predicted octanol–water partition coefficient (Wildman–Crippen LogP) is 3.89. The molecular formula is C42H46N12O4. The van der Waals surface area contributed by atoms with E-state index >= 15 is 0 Å². The van der Waals surface area contributed by atoms with Crippen LogP contribution in [0.5, 0.6) is 11.5 Å². The minimum Gasteiger partial charge on any atom is -0.457 e. The molecule has 3 aliphatic heterocycles. The molecule has 16 heteroatoms. The SMILES string of the molecule is Nc1ncnc2c1c(-c1ccc(Oc3ccccc3)cc1)nn2C1CCC(N2CCN(CC3CN(c4ccn5c(=O)n(C6CCC(=O)NC6=O)nc5c4)C3)CC2)CC1. The van der Waals surface area contributed by atoms with Crippen molar-refractivity contribution in [3.05, 3.63) is 89.7 Å². The number of benzene rings is 2. The van der Waals surface area contributed by atoms with Gasteiger partial charge in [-0.3, -0.25) is 24.2 Å². The second-order valence-corrected chi connectivity index (χ2v) is 16.1. The summed E-state index contributed by atoms with van der Waals surface area (Å²) in [5.41, 5.74) is 10.1. The van der Waals surface area contributed by atoms with Crippen molar-refractivity contribution in [1.29, 1.82) is 0 Å². The second kappa shape index (κ2) is 15.0. The zero-order valence-corrected chi connectivity index (χ0v) is 32.2. The fourth-order valence-corrected chi connectivity index (χ4v) is 9.29. The lowest BCUT2D eigenvalue weighted by Gasteiger charge is -2.46. The lowest BCUT2D eigenvalue weighted by molar-refractivity contribution is -0.136. The number of carbonyl (C=O) groups excluding carboxylic acids is 2. The van der Waals surface area contributed by atoms with Crippen LogP contribution in [0.1, 0.15) is 50.6 Å². The molecule has 3 saturated heterocycles. The van der Waals surface area contributed by atoms with Gasteiger partial charge in [0.2, 0.25) is 5.91 Å². The van der Waals surface area contributed by atoms with Gasteiger partial charge in [-0.15, -0.1) is 5.10 Å². The van der Waals surface area contributed by atoms with Crippen LogP contribution < -0.4 is 26.4 Å². The van der Waals surface area contributed by atoms with Crippen molar-refractivity contribution in [3.63, 3.8) is 0 Å². The zero-order valence-electron chi connectivity index (χ0n) is 32.2. The average Bonchev–Trinajstić information content (AvgIpc) is 3.78. The summed E-state index contributed by atoms with van der Waals surface area (Å²) in [4.78, 5) is 53.6. The number of nitrogens with zero attached hydrogens (tertiary/aromatic N) is 10. The summed E-state index contributed by atoms with van der Waals surface area (Å²) in [6.07, 6.45) is 8.02. The Labute approximate surface area is 334 Å². The molecule has 2 amide bonds. The minimum atomic E-state index is -0.776. The lowest BCUT2D eigenvalue weighted by Crippen LogP contribution is -2.56. The molecule has 1 unspecified atom stereocenters. The van der Waals surface area contributed by atoms with Gasteiger partial charge in [-0.2, -0.15) is 9.78 Å². The van der Waals surface area contributed by atoms with Gasteiger partial charge in [-0.1, -0.05) is 18.2 Å². The van der Waals surface area contributed by atoms with E-state index in [1.54, 1.807) is 6.20 Å². The van der Waals surface area contributed by atoms with Crippen LogP contribution in [0.2, 0.25) is 0 Å². The number of imide groups is 1. The van der Waals surface area contributed by atoms with Crippen LogP contribution in [0.25, 0.3) is 27.9 Å². The van der Waals surface area contributed by atoms with Crippen LogP contribution in [0, 0.1) is 5.92 Å². The van der Waals surface area contributed by atoms with Crippen LogP contribution in [0.15, 0.2) is 84.0 Å². The highest BCUT2D eigenvalue weighted by molar-refractivity contribution is 5.99. The highest BCUT2D eigenvalue weighted by Gasteiger charge is 2.35. The molecule has 298 valence electrons. The van der Waals surface area contributed by atoms with Gasteiger partial charge in [-0.05, 0) is 74.6 Å². The van der Waals surface area contributed by atoms with Crippen LogP contribution in [-0.4, -0.2) is 107 Å². The number of nitrogens with one attached hydrogen (secondary N) is 1. The number of anilines is 2. The Morgan fingerprint density at radius 1 is 0.793 bits per heavy atom. The third-order valence-electron chi connectivity index (χ3n) is 12.4. The molecule has 1 aliphatic carbocycles. The van der Waals surface area contributed by atoms with Crippen molar-refractivity contribution in [2.75, 3.05) is 56.4 Å². The number of aromatic nitrogens is 7. The fourth-order valence-electron chi connectivity index (χ4n) is 9.29. The summed E-state index contributed by atoms with van der Waals surface area (Å²) in [7, 11) is 0. The maximum atomic E-state index is 13.0. The second-order valence-electron chi connectivity index (χ2n) is 16.1. The molecule has 0 spiro atoms. The molecule has 4 aromatic heterocycles. The Bertz CT molecular complexity index is 2530. The Balaban J connectivity index is 0.717. The largest absolute Gasteiger partial charge is 0.457 e. The molecular weight excluding hydrogens is 737 g/mol. The molecule has 4 fully saturated rings. The quantitative estimate of drug-likeness (QED) is 0.203. The van der Waals surface area contributed by atoms with Gasteiger partial charge in [-0.25, -0.2) is 19.4 Å². The van der Waals surface area contributed by atoms with Gasteiger partial charge in [0.25, 0.3) is 5.91 Å². The van der Waals surface area contributed by atoms with E-state index in [4.69, 9.17) is 15.6 Å². The van der Waals surface area contributed by atoms with Gasteiger partial charge < -0.3 is 20.3 Å². The number of carbonyl (C=O) groups is 2. The van der Waals surface area contributed by atoms with Crippen LogP contribution in [-0.2, 0) is 9.59 Å². The van der Waals surface area contributed by atoms with Gasteiger partial charge in [0, 0.05) is 87.7 Å². The topological polar surface area (TPSA) is 174 Å². The van der Waals surface area contributed by atoms with Gasteiger partial charge in [0.05, 0.1) is 11.4 Å². The monoisotopic (exact) mass is 782 g/mol. The number of hydrogen-bond donors (Lipinski definition) is 2. The smallest absolute Gasteiger partial charge is 0.351 e. The number of fused-ring (bicyclic) bond motifs is 2. The first-order valence-corrected chi connectivity index (χ1v) is 20.3. The number of rotatable bonds is 9. The molecule has 1 saturated carbocycles. The fraction of sp³-hybridized carbons (Fsp3) is 0.405. The average molecular weight is 783 g/mol. The molecule has 1 atom stereocenters. The number of piperazine rings is 1. The first-order chi connectivity index (χ1) is 28.3. The Hall–Kier alpha value is -6.13. The van der Waals surface area contributed by atoms with E-state index in [9.17, 15) is 14.4 Å². The molecule has 2 aromatic carbocycles. The summed E-state index contributed by atoms with van der Waals surface area (Å²) >= 11 is 0. The summed E-state index contributed by atoms with van der Waals surface area (Å²) < 4.78 is 10.8. The lowest BCUT2D eigenvalue weighted by atomic mass is 9.89. The number of pyridine rings is 1. The molecule has 4 aliphatic rings. The van der Waals surface area contributed by atoms with E-state index in [-0.39, 0.29) is 30.5 Å². The summed E-state index contributed by atoms with van der Waals surface area (Å²) in [6.45, 7) is 7.28. The molecule has 3 N–H and O–H groups in total. The summed E-state index contributed by atoms with van der Waals surface area (Å²) in [6, 6.07) is 21.6. The third kappa shape index (κ3) is 6.85. The van der Waals surface area contributed by atoms with Crippen molar-refractivity contribution >= 4 is 40.0 Å². The van der Waals surface area contributed by atoms with E-state index in [0.717, 1.165) is 111 Å².